The second-order valence-electron chi connectivity index (χ2n) is 3.67. The molecule has 0 fully saturated rings. The summed E-state index contributed by atoms with van der Waals surface area (Å²) in [5.41, 5.74) is 1.42. The lowest BCUT2D eigenvalue weighted by Crippen LogP contribution is -2.28. The van der Waals surface area contributed by atoms with Crippen LogP contribution in [0.1, 0.15) is 19.4 Å². The van der Waals surface area contributed by atoms with E-state index in [2.05, 4.69) is 0 Å². The number of amides is 1. The average molecular weight is 251 g/mol. The van der Waals surface area contributed by atoms with Gasteiger partial charge in [0.15, 0.2) is 0 Å². The van der Waals surface area contributed by atoms with Gasteiger partial charge in [-0.1, -0.05) is 18.2 Å². The molecule has 1 amide bonds. The number of anilines is 1. The summed E-state index contributed by atoms with van der Waals surface area (Å²) in [6.45, 7) is 3.54. The van der Waals surface area contributed by atoms with E-state index >= 15 is 0 Å². The number of rotatable bonds is 4. The summed E-state index contributed by atoms with van der Waals surface area (Å²) >= 11 is 0. The second kappa shape index (κ2) is 6.64. The fraction of sp³-hybridized carbons (Fsp3) is 0.385. The zero-order valence-electron chi connectivity index (χ0n) is 10.8. The first kappa shape index (κ1) is 14.0. The third-order valence-electron chi connectivity index (χ3n) is 2.33. The molecule has 0 aliphatic heterocycles. The highest BCUT2D eigenvalue weighted by atomic mass is 16.6. The van der Waals surface area contributed by atoms with E-state index in [1.165, 1.54) is 11.8 Å². The van der Waals surface area contributed by atoms with Gasteiger partial charge in [-0.2, -0.15) is 0 Å². The van der Waals surface area contributed by atoms with Crippen LogP contribution in [0.3, 0.4) is 0 Å². The van der Waals surface area contributed by atoms with Crippen molar-refractivity contribution in [3.05, 3.63) is 29.8 Å². The van der Waals surface area contributed by atoms with E-state index in [4.69, 9.17) is 9.47 Å². The summed E-state index contributed by atoms with van der Waals surface area (Å²) < 4.78 is 9.86. The van der Waals surface area contributed by atoms with Gasteiger partial charge in [-0.3, -0.25) is 9.69 Å². The van der Waals surface area contributed by atoms with Crippen LogP contribution in [0.15, 0.2) is 24.3 Å². The Kier molecular flexibility index (Phi) is 5.17. The zero-order chi connectivity index (χ0) is 13.5. The van der Waals surface area contributed by atoms with Crippen molar-refractivity contribution in [1.29, 1.82) is 0 Å². The molecular formula is C13H17NO4. The molecule has 0 aliphatic rings. The van der Waals surface area contributed by atoms with Gasteiger partial charge in [-0.15, -0.1) is 0 Å². The molecule has 98 valence electrons. The Hall–Kier alpha value is -2.04. The SMILES string of the molecule is CCOC(=O)N(C)c1ccccc1COC(C)=O. The molecule has 1 aromatic rings. The Labute approximate surface area is 106 Å². The van der Waals surface area contributed by atoms with Crippen LogP contribution in [0.25, 0.3) is 0 Å². The number of carbonyl (C=O) groups is 2. The van der Waals surface area contributed by atoms with E-state index in [0.717, 1.165) is 5.56 Å². The third-order valence-corrected chi connectivity index (χ3v) is 2.33. The first-order valence-electron chi connectivity index (χ1n) is 5.68. The van der Waals surface area contributed by atoms with Crippen LogP contribution in [0, 0.1) is 0 Å². The summed E-state index contributed by atoms with van der Waals surface area (Å²) in [6.07, 6.45) is -0.437. The number of hydrogen-bond acceptors (Lipinski definition) is 4. The topological polar surface area (TPSA) is 55.8 Å². The molecule has 5 heteroatoms. The van der Waals surface area contributed by atoms with Gasteiger partial charge in [0, 0.05) is 19.5 Å². The van der Waals surface area contributed by atoms with Gasteiger partial charge in [-0.05, 0) is 13.0 Å². The van der Waals surface area contributed by atoms with Gasteiger partial charge >= 0.3 is 12.1 Å². The average Bonchev–Trinajstić information content (AvgIpc) is 2.36. The van der Waals surface area contributed by atoms with Crippen LogP contribution < -0.4 is 4.90 Å². The highest BCUT2D eigenvalue weighted by molar-refractivity contribution is 5.88. The highest BCUT2D eigenvalue weighted by Crippen LogP contribution is 2.20. The number of benzene rings is 1. The summed E-state index contributed by atoms with van der Waals surface area (Å²) in [4.78, 5) is 23.8. The van der Waals surface area contributed by atoms with Crippen molar-refractivity contribution in [2.75, 3.05) is 18.6 Å². The first-order chi connectivity index (χ1) is 8.56. The lowest BCUT2D eigenvalue weighted by atomic mass is 10.2. The molecule has 0 heterocycles. The van der Waals surface area contributed by atoms with Crippen LogP contribution in [-0.4, -0.2) is 25.7 Å². The van der Waals surface area contributed by atoms with Crippen molar-refractivity contribution in [3.63, 3.8) is 0 Å². The van der Waals surface area contributed by atoms with Gasteiger partial charge in [-0.25, -0.2) is 4.79 Å². The molecule has 0 aliphatic carbocycles. The maximum absolute atomic E-state index is 11.6. The summed E-state index contributed by atoms with van der Waals surface area (Å²) in [5, 5.41) is 0. The maximum Gasteiger partial charge on any atom is 0.414 e. The largest absolute Gasteiger partial charge is 0.461 e. The number of esters is 1. The van der Waals surface area contributed by atoms with Gasteiger partial charge in [0.05, 0.1) is 12.3 Å². The zero-order valence-corrected chi connectivity index (χ0v) is 10.8. The molecule has 0 aromatic heterocycles. The van der Waals surface area contributed by atoms with Crippen LogP contribution >= 0.6 is 0 Å². The standard InChI is InChI=1S/C13H17NO4/c1-4-17-13(16)14(3)12-8-6-5-7-11(12)9-18-10(2)15/h5-8H,4,9H2,1-3H3. The van der Waals surface area contributed by atoms with Gasteiger partial charge < -0.3 is 9.47 Å². The molecular weight excluding hydrogens is 234 g/mol. The summed E-state index contributed by atoms with van der Waals surface area (Å²) in [5.74, 6) is -0.358. The van der Waals surface area contributed by atoms with Gasteiger partial charge in [0.2, 0.25) is 0 Å². The van der Waals surface area contributed by atoms with Crippen molar-refractivity contribution in [3.8, 4) is 0 Å². The van der Waals surface area contributed by atoms with E-state index in [1.54, 1.807) is 26.1 Å². The fourth-order valence-electron chi connectivity index (χ4n) is 1.46. The molecule has 0 saturated heterocycles. The predicted molar refractivity (Wildman–Crippen MR) is 67.3 cm³/mol. The van der Waals surface area contributed by atoms with E-state index in [9.17, 15) is 9.59 Å². The normalized spacial score (nSPS) is 9.72. The molecule has 0 N–H and O–H groups in total. The Morgan fingerprint density at radius 2 is 1.89 bits per heavy atom. The van der Waals surface area contributed by atoms with Crippen molar-refractivity contribution in [2.24, 2.45) is 0 Å². The molecule has 1 rings (SSSR count). The lowest BCUT2D eigenvalue weighted by Gasteiger charge is -2.19. The maximum atomic E-state index is 11.6. The molecule has 0 spiro atoms. The Balaban J connectivity index is 2.86. The minimum Gasteiger partial charge on any atom is -0.461 e. The molecule has 0 atom stereocenters. The Morgan fingerprint density at radius 1 is 1.22 bits per heavy atom. The van der Waals surface area contributed by atoms with Crippen LogP contribution in [0.4, 0.5) is 10.5 Å². The second-order valence-corrected chi connectivity index (χ2v) is 3.67. The fourth-order valence-corrected chi connectivity index (χ4v) is 1.46. The number of ether oxygens (including phenoxy) is 2. The van der Waals surface area contributed by atoms with E-state index in [1.807, 2.05) is 12.1 Å². The van der Waals surface area contributed by atoms with Crippen LogP contribution in [0.2, 0.25) is 0 Å². The molecule has 0 bridgehead atoms. The molecule has 5 nitrogen and oxygen atoms in total. The van der Waals surface area contributed by atoms with Crippen molar-refractivity contribution < 1.29 is 19.1 Å². The minimum absolute atomic E-state index is 0.134. The molecule has 0 unspecified atom stereocenters. The van der Waals surface area contributed by atoms with Crippen molar-refractivity contribution >= 4 is 17.7 Å². The molecule has 1 aromatic carbocycles. The Morgan fingerprint density at radius 3 is 2.50 bits per heavy atom. The van der Waals surface area contributed by atoms with Crippen LogP contribution in [-0.2, 0) is 20.9 Å². The number of nitrogens with zero attached hydrogens (tertiary/aromatic N) is 1. The number of hydrogen-bond donors (Lipinski definition) is 0. The summed E-state index contributed by atoms with van der Waals surface area (Å²) in [7, 11) is 1.62. The minimum atomic E-state index is -0.437. The van der Waals surface area contributed by atoms with E-state index in [-0.39, 0.29) is 12.6 Å². The number of carbonyl (C=O) groups excluding carboxylic acids is 2. The highest BCUT2D eigenvalue weighted by Gasteiger charge is 2.15. The van der Waals surface area contributed by atoms with Crippen molar-refractivity contribution in [2.45, 2.75) is 20.5 Å². The lowest BCUT2D eigenvalue weighted by molar-refractivity contribution is -0.142. The van der Waals surface area contributed by atoms with Crippen LogP contribution in [0.5, 0.6) is 0 Å². The molecule has 18 heavy (non-hydrogen) atoms. The van der Waals surface area contributed by atoms with Gasteiger partial charge in [0.25, 0.3) is 0 Å². The third kappa shape index (κ3) is 3.76. The monoisotopic (exact) mass is 251 g/mol. The quantitative estimate of drug-likeness (QED) is 0.771. The molecule has 0 radical (unpaired) electrons. The summed E-state index contributed by atoms with van der Waals surface area (Å²) in [6, 6.07) is 7.20. The van der Waals surface area contributed by atoms with E-state index in [0.29, 0.717) is 12.3 Å². The number of para-hydroxylation sites is 1. The smallest absolute Gasteiger partial charge is 0.414 e. The Bertz CT molecular complexity index is 431. The predicted octanol–water partition coefficient (Wildman–Crippen LogP) is 2.34. The first-order valence-corrected chi connectivity index (χ1v) is 5.68. The van der Waals surface area contributed by atoms with Gasteiger partial charge in [0.1, 0.15) is 6.61 Å². The van der Waals surface area contributed by atoms with E-state index < -0.39 is 6.09 Å². The molecule has 0 saturated carbocycles. The van der Waals surface area contributed by atoms with Crippen molar-refractivity contribution in [1.82, 2.24) is 0 Å².